The highest BCUT2D eigenvalue weighted by Gasteiger charge is 2.23. The molecule has 0 fully saturated rings. The lowest BCUT2D eigenvalue weighted by atomic mass is 9.95. The van der Waals surface area contributed by atoms with Gasteiger partial charge in [0.1, 0.15) is 0 Å². The molecule has 2 rings (SSSR count). The van der Waals surface area contributed by atoms with Crippen LogP contribution in [-0.2, 0) is 4.87 Å². The van der Waals surface area contributed by atoms with Crippen LogP contribution in [0.5, 0.6) is 0 Å². The average Bonchev–Trinajstić information content (AvgIpc) is 2.28. The van der Waals surface area contributed by atoms with Gasteiger partial charge in [0.2, 0.25) is 0 Å². The van der Waals surface area contributed by atoms with Crippen molar-refractivity contribution in [3.8, 4) is 0 Å². The van der Waals surface area contributed by atoms with E-state index in [4.69, 9.17) is 23.2 Å². The van der Waals surface area contributed by atoms with Gasteiger partial charge < -0.3 is 0 Å². The minimum atomic E-state index is -0.498. The summed E-state index contributed by atoms with van der Waals surface area (Å²) in [6.45, 7) is 1.95. The Morgan fingerprint density at radius 2 is 1.73 bits per heavy atom. The second kappa shape index (κ2) is 4.03. The Morgan fingerprint density at radius 3 is 2.47 bits per heavy atom. The van der Waals surface area contributed by atoms with E-state index in [0.29, 0.717) is 5.88 Å². The van der Waals surface area contributed by atoms with Crippen molar-refractivity contribution in [3.05, 3.63) is 48.0 Å². The Kier molecular flexibility index (Phi) is 2.90. The monoisotopic (exact) mass is 238 g/mol. The first kappa shape index (κ1) is 10.8. The van der Waals surface area contributed by atoms with E-state index in [2.05, 4.69) is 18.2 Å². The molecule has 0 amide bonds. The van der Waals surface area contributed by atoms with Crippen molar-refractivity contribution in [2.45, 2.75) is 11.8 Å². The summed E-state index contributed by atoms with van der Waals surface area (Å²) in [5.74, 6) is 0.405. The molecule has 2 aromatic rings. The molecule has 15 heavy (non-hydrogen) atoms. The van der Waals surface area contributed by atoms with Crippen LogP contribution < -0.4 is 0 Å². The molecule has 2 heteroatoms. The normalized spacial score (nSPS) is 15.1. The lowest BCUT2D eigenvalue weighted by molar-refractivity contribution is 0.783. The maximum atomic E-state index is 6.39. The van der Waals surface area contributed by atoms with Gasteiger partial charge in [-0.1, -0.05) is 42.5 Å². The first-order valence-electron chi connectivity index (χ1n) is 4.88. The minimum Gasteiger partial charge on any atom is -0.124 e. The van der Waals surface area contributed by atoms with Crippen LogP contribution in [0.3, 0.4) is 0 Å². The number of hydrogen-bond acceptors (Lipinski definition) is 0. The highest BCUT2D eigenvalue weighted by atomic mass is 35.5. The van der Waals surface area contributed by atoms with E-state index in [1.807, 2.05) is 31.2 Å². The first-order valence-corrected chi connectivity index (χ1v) is 5.79. The Hall–Kier alpha value is -0.720. The van der Waals surface area contributed by atoms with Gasteiger partial charge in [0, 0.05) is 5.88 Å². The molecule has 0 spiro atoms. The third-order valence-electron chi connectivity index (χ3n) is 2.60. The van der Waals surface area contributed by atoms with Crippen LogP contribution >= 0.6 is 23.2 Å². The molecule has 78 valence electrons. The predicted octanol–water partition coefficient (Wildman–Crippen LogP) is 4.53. The van der Waals surface area contributed by atoms with Crippen molar-refractivity contribution in [2.24, 2.45) is 0 Å². The van der Waals surface area contributed by atoms with E-state index in [1.165, 1.54) is 10.8 Å². The summed E-state index contributed by atoms with van der Waals surface area (Å²) < 4.78 is 0. The van der Waals surface area contributed by atoms with E-state index < -0.39 is 4.87 Å². The standard InChI is InChI=1S/C13H12Cl2/c1-13(15,9-14)12-8-4-6-10-5-2-3-7-11(10)12/h2-8H,9H2,1H3. The maximum absolute atomic E-state index is 6.39. The molecule has 0 saturated carbocycles. The molecule has 0 saturated heterocycles. The zero-order valence-corrected chi connectivity index (χ0v) is 10.0. The third kappa shape index (κ3) is 1.97. The number of fused-ring (bicyclic) bond motifs is 1. The third-order valence-corrected chi connectivity index (χ3v) is 3.61. The fraction of sp³-hybridized carbons (Fsp3) is 0.231. The number of halogens is 2. The van der Waals surface area contributed by atoms with Crippen molar-refractivity contribution >= 4 is 34.0 Å². The van der Waals surface area contributed by atoms with Gasteiger partial charge in [0.05, 0.1) is 4.87 Å². The largest absolute Gasteiger partial charge is 0.124 e. The van der Waals surface area contributed by atoms with E-state index in [-0.39, 0.29) is 0 Å². The van der Waals surface area contributed by atoms with E-state index in [1.54, 1.807) is 0 Å². The molecule has 1 atom stereocenters. The molecule has 0 N–H and O–H groups in total. The summed E-state index contributed by atoms with van der Waals surface area (Å²) in [5.41, 5.74) is 1.09. The van der Waals surface area contributed by atoms with Crippen LogP contribution in [0.25, 0.3) is 10.8 Å². The highest BCUT2D eigenvalue weighted by Crippen LogP contribution is 2.34. The van der Waals surface area contributed by atoms with Crippen molar-refractivity contribution in [3.63, 3.8) is 0 Å². The molecular weight excluding hydrogens is 227 g/mol. The van der Waals surface area contributed by atoms with Crippen molar-refractivity contribution in [1.82, 2.24) is 0 Å². The van der Waals surface area contributed by atoms with Crippen LogP contribution in [-0.4, -0.2) is 5.88 Å². The van der Waals surface area contributed by atoms with Crippen LogP contribution in [0.2, 0.25) is 0 Å². The Labute approximate surface area is 99.8 Å². The summed E-state index contributed by atoms with van der Waals surface area (Å²) in [7, 11) is 0. The van der Waals surface area contributed by atoms with Crippen molar-refractivity contribution in [2.75, 3.05) is 5.88 Å². The van der Waals surface area contributed by atoms with Gasteiger partial charge in [-0.25, -0.2) is 0 Å². The first-order chi connectivity index (χ1) is 7.15. The molecule has 0 nitrogen and oxygen atoms in total. The fourth-order valence-corrected chi connectivity index (χ4v) is 2.06. The second-order valence-corrected chi connectivity index (χ2v) is 4.96. The number of hydrogen-bond donors (Lipinski definition) is 0. The quantitative estimate of drug-likeness (QED) is 0.675. The van der Waals surface area contributed by atoms with E-state index >= 15 is 0 Å². The molecule has 2 aromatic carbocycles. The van der Waals surface area contributed by atoms with E-state index in [9.17, 15) is 0 Å². The number of rotatable bonds is 2. The van der Waals surface area contributed by atoms with Gasteiger partial charge in [-0.3, -0.25) is 0 Å². The lowest BCUT2D eigenvalue weighted by Gasteiger charge is -2.21. The molecular formula is C13H12Cl2. The summed E-state index contributed by atoms with van der Waals surface area (Å²) in [4.78, 5) is -0.498. The summed E-state index contributed by atoms with van der Waals surface area (Å²) in [6.07, 6.45) is 0. The predicted molar refractivity (Wildman–Crippen MR) is 67.9 cm³/mol. The van der Waals surface area contributed by atoms with Crippen LogP contribution in [0, 0.1) is 0 Å². The number of benzene rings is 2. The molecule has 0 aliphatic carbocycles. The Bertz CT molecular complexity index is 469. The van der Waals surface area contributed by atoms with Gasteiger partial charge in [0.15, 0.2) is 0 Å². The van der Waals surface area contributed by atoms with Crippen LogP contribution in [0.1, 0.15) is 12.5 Å². The molecule has 0 heterocycles. The Morgan fingerprint density at radius 1 is 1.07 bits per heavy atom. The highest BCUT2D eigenvalue weighted by molar-refractivity contribution is 6.31. The van der Waals surface area contributed by atoms with Crippen molar-refractivity contribution in [1.29, 1.82) is 0 Å². The topological polar surface area (TPSA) is 0 Å². The Balaban J connectivity index is 2.71. The van der Waals surface area contributed by atoms with Crippen LogP contribution in [0.15, 0.2) is 42.5 Å². The molecule has 0 aromatic heterocycles. The zero-order chi connectivity index (χ0) is 10.9. The van der Waals surface area contributed by atoms with Gasteiger partial charge in [-0.05, 0) is 23.3 Å². The number of alkyl halides is 2. The van der Waals surface area contributed by atoms with Gasteiger partial charge in [-0.2, -0.15) is 0 Å². The summed E-state index contributed by atoms with van der Waals surface area (Å²) >= 11 is 12.3. The zero-order valence-electron chi connectivity index (χ0n) is 8.50. The van der Waals surface area contributed by atoms with Gasteiger partial charge in [0.25, 0.3) is 0 Å². The lowest BCUT2D eigenvalue weighted by Crippen LogP contribution is -2.15. The smallest absolute Gasteiger partial charge is 0.0807 e. The molecule has 0 bridgehead atoms. The molecule has 0 aliphatic heterocycles. The fourth-order valence-electron chi connectivity index (χ4n) is 1.75. The van der Waals surface area contributed by atoms with E-state index in [0.717, 1.165) is 5.56 Å². The van der Waals surface area contributed by atoms with Crippen LogP contribution in [0.4, 0.5) is 0 Å². The molecule has 0 aliphatic rings. The van der Waals surface area contributed by atoms with Crippen molar-refractivity contribution < 1.29 is 0 Å². The maximum Gasteiger partial charge on any atom is 0.0807 e. The van der Waals surface area contributed by atoms with Gasteiger partial charge in [-0.15, -0.1) is 23.2 Å². The summed E-state index contributed by atoms with van der Waals surface area (Å²) in [5, 5.41) is 2.38. The minimum absolute atomic E-state index is 0.405. The molecule has 1 unspecified atom stereocenters. The summed E-state index contributed by atoms with van der Waals surface area (Å²) in [6, 6.07) is 14.4. The molecule has 0 radical (unpaired) electrons. The van der Waals surface area contributed by atoms with Gasteiger partial charge >= 0.3 is 0 Å². The SMILES string of the molecule is CC(Cl)(CCl)c1cccc2ccccc12. The second-order valence-electron chi connectivity index (χ2n) is 3.86. The average molecular weight is 239 g/mol.